The highest BCUT2D eigenvalue weighted by atomic mass is 35.5. The van der Waals surface area contributed by atoms with Crippen molar-refractivity contribution < 1.29 is 18.7 Å². The molecule has 3 aromatic carbocycles. The predicted molar refractivity (Wildman–Crippen MR) is 146 cm³/mol. The number of benzene rings is 3. The number of anilines is 1. The molecule has 0 aliphatic rings. The molecule has 2 amide bonds. The van der Waals surface area contributed by atoms with Gasteiger partial charge in [0.2, 0.25) is 11.0 Å². The minimum Gasteiger partial charge on any atom is -0.488 e. The Morgan fingerprint density at radius 3 is 2.79 bits per heavy atom. The summed E-state index contributed by atoms with van der Waals surface area (Å²) in [6.45, 7) is 0.353. The van der Waals surface area contributed by atoms with Gasteiger partial charge in [-0.15, -0.1) is 10.2 Å². The van der Waals surface area contributed by atoms with Gasteiger partial charge in [0.15, 0.2) is 5.76 Å². The van der Waals surface area contributed by atoms with E-state index in [-0.39, 0.29) is 17.3 Å². The number of hydrogen-bond acceptors (Lipinski definition) is 8. The van der Waals surface area contributed by atoms with Gasteiger partial charge >= 0.3 is 0 Å². The fourth-order valence-corrected chi connectivity index (χ4v) is 4.53. The monoisotopic (exact) mass is 545 g/mol. The van der Waals surface area contributed by atoms with Crippen LogP contribution in [0.15, 0.2) is 88.6 Å². The minimum absolute atomic E-state index is 0.0639. The zero-order chi connectivity index (χ0) is 26.3. The van der Waals surface area contributed by atoms with Gasteiger partial charge in [-0.2, -0.15) is 5.10 Å². The molecule has 0 aliphatic carbocycles. The average molecular weight is 546 g/mol. The number of nitrogens with zero attached hydrogens (tertiary/aromatic N) is 3. The Morgan fingerprint density at radius 1 is 1.05 bits per heavy atom. The number of carbonyl (C=O) groups excluding carboxylic acids is 2. The Kier molecular flexibility index (Phi) is 7.72. The number of ether oxygens (including phenoxy) is 1. The number of aromatic nitrogens is 2. The van der Waals surface area contributed by atoms with Gasteiger partial charge in [0.1, 0.15) is 17.4 Å². The van der Waals surface area contributed by atoms with E-state index in [9.17, 15) is 9.59 Å². The van der Waals surface area contributed by atoms with Gasteiger partial charge in [-0.05, 0) is 46.7 Å². The molecule has 5 rings (SSSR count). The van der Waals surface area contributed by atoms with E-state index < -0.39 is 11.8 Å². The van der Waals surface area contributed by atoms with E-state index in [2.05, 4.69) is 44.2 Å². The first-order chi connectivity index (χ1) is 18.5. The first-order valence-corrected chi connectivity index (χ1v) is 12.6. The van der Waals surface area contributed by atoms with Crippen LogP contribution in [0.4, 0.5) is 5.13 Å². The van der Waals surface area contributed by atoms with E-state index in [1.54, 1.807) is 24.3 Å². The van der Waals surface area contributed by atoms with E-state index in [1.807, 2.05) is 24.3 Å². The largest absolute Gasteiger partial charge is 0.488 e. The Hall–Kier alpha value is -4.54. The van der Waals surface area contributed by atoms with Crippen LogP contribution in [-0.4, -0.2) is 28.2 Å². The van der Waals surface area contributed by atoms with Crippen molar-refractivity contribution >= 4 is 56.9 Å². The highest BCUT2D eigenvalue weighted by Crippen LogP contribution is 2.25. The maximum absolute atomic E-state index is 12.4. The summed E-state index contributed by atoms with van der Waals surface area (Å²) in [5.74, 6) is -0.134. The summed E-state index contributed by atoms with van der Waals surface area (Å²) in [5, 5.41) is 17.9. The smallest absolute Gasteiger partial charge is 0.293 e. The van der Waals surface area contributed by atoms with Gasteiger partial charge < -0.3 is 9.15 Å². The number of halogens is 1. The van der Waals surface area contributed by atoms with Gasteiger partial charge in [0, 0.05) is 10.6 Å². The molecule has 2 heterocycles. The second-order valence-corrected chi connectivity index (χ2v) is 9.51. The molecule has 2 aromatic heterocycles. The van der Waals surface area contributed by atoms with Gasteiger partial charge in [-0.25, -0.2) is 5.43 Å². The zero-order valence-electron chi connectivity index (χ0n) is 19.8. The van der Waals surface area contributed by atoms with Gasteiger partial charge in [0.25, 0.3) is 5.91 Å². The van der Waals surface area contributed by atoms with E-state index in [0.717, 1.165) is 27.7 Å². The Balaban J connectivity index is 1.18. The zero-order valence-corrected chi connectivity index (χ0v) is 21.3. The van der Waals surface area contributed by atoms with Crippen molar-refractivity contribution in [1.29, 1.82) is 0 Å². The minimum atomic E-state index is -0.452. The van der Waals surface area contributed by atoms with Crippen LogP contribution in [-0.2, 0) is 17.8 Å². The van der Waals surface area contributed by atoms with Crippen LogP contribution in [0.25, 0.3) is 10.8 Å². The Labute approximate surface area is 226 Å². The highest BCUT2D eigenvalue weighted by molar-refractivity contribution is 7.15. The first-order valence-electron chi connectivity index (χ1n) is 11.4. The third kappa shape index (κ3) is 6.23. The molecule has 0 saturated carbocycles. The first kappa shape index (κ1) is 25.1. The number of fused-ring (bicyclic) bond motifs is 1. The molecule has 0 aliphatic heterocycles. The number of carbonyl (C=O) groups is 2. The van der Waals surface area contributed by atoms with Crippen molar-refractivity contribution in [1.82, 2.24) is 15.6 Å². The summed E-state index contributed by atoms with van der Waals surface area (Å²) >= 11 is 7.26. The van der Waals surface area contributed by atoms with Crippen LogP contribution in [0, 0.1) is 0 Å². The molecule has 5 aromatic rings. The molecule has 190 valence electrons. The quantitative estimate of drug-likeness (QED) is 0.187. The summed E-state index contributed by atoms with van der Waals surface area (Å²) in [6, 6.07) is 22.5. The van der Waals surface area contributed by atoms with Crippen molar-refractivity contribution in [3.05, 3.63) is 106 Å². The SMILES string of the molecule is O=C(Cc1nnc(NC(=O)c2ccco2)s1)NN=Cc1cc(Cl)ccc1OCc1cccc2ccccc12. The predicted octanol–water partition coefficient (Wildman–Crippen LogP) is 5.46. The van der Waals surface area contributed by atoms with Crippen molar-refractivity contribution in [2.75, 3.05) is 5.32 Å². The molecule has 0 fully saturated rings. The molecule has 0 spiro atoms. The van der Waals surface area contributed by atoms with E-state index in [4.69, 9.17) is 20.8 Å². The second-order valence-electron chi connectivity index (χ2n) is 8.01. The van der Waals surface area contributed by atoms with E-state index in [1.165, 1.54) is 18.5 Å². The van der Waals surface area contributed by atoms with Gasteiger partial charge in [0.05, 0.1) is 18.9 Å². The lowest BCUT2D eigenvalue weighted by Crippen LogP contribution is -2.19. The van der Waals surface area contributed by atoms with Crippen LogP contribution in [0.2, 0.25) is 5.02 Å². The number of rotatable bonds is 9. The highest BCUT2D eigenvalue weighted by Gasteiger charge is 2.14. The van der Waals surface area contributed by atoms with E-state index >= 15 is 0 Å². The third-order valence-corrected chi connectivity index (χ3v) is 6.45. The molecule has 9 nitrogen and oxygen atoms in total. The molecule has 0 atom stereocenters. The van der Waals surface area contributed by atoms with Crippen molar-refractivity contribution in [2.45, 2.75) is 13.0 Å². The Morgan fingerprint density at radius 2 is 1.92 bits per heavy atom. The Bertz CT molecular complexity index is 1610. The number of furan rings is 1. The summed E-state index contributed by atoms with van der Waals surface area (Å²) < 4.78 is 11.1. The normalized spacial score (nSPS) is 11.1. The van der Waals surface area contributed by atoms with Crippen molar-refractivity contribution in [3.63, 3.8) is 0 Å². The fraction of sp³-hybridized carbons (Fsp3) is 0.0741. The lowest BCUT2D eigenvalue weighted by molar-refractivity contribution is -0.120. The fourth-order valence-electron chi connectivity index (χ4n) is 3.62. The molecule has 0 radical (unpaired) electrons. The maximum Gasteiger partial charge on any atom is 0.293 e. The van der Waals surface area contributed by atoms with Crippen LogP contribution in [0.1, 0.15) is 26.7 Å². The van der Waals surface area contributed by atoms with E-state index in [0.29, 0.717) is 28.0 Å². The molecule has 0 bridgehead atoms. The molecular formula is C27H20ClN5O4S. The summed E-state index contributed by atoms with van der Waals surface area (Å²) in [5.41, 5.74) is 4.12. The topological polar surface area (TPSA) is 119 Å². The maximum atomic E-state index is 12.4. The third-order valence-electron chi connectivity index (χ3n) is 5.37. The van der Waals surface area contributed by atoms with Crippen molar-refractivity contribution in [3.8, 4) is 5.75 Å². The van der Waals surface area contributed by atoms with Gasteiger partial charge in [-0.3, -0.25) is 14.9 Å². The summed E-state index contributed by atoms with van der Waals surface area (Å²) in [7, 11) is 0. The van der Waals surface area contributed by atoms with Crippen LogP contribution in [0.3, 0.4) is 0 Å². The number of nitrogens with one attached hydrogen (secondary N) is 2. The van der Waals surface area contributed by atoms with Crippen LogP contribution in [0.5, 0.6) is 5.75 Å². The number of amides is 2. The second kappa shape index (κ2) is 11.7. The standard InChI is InChI=1S/C27H20ClN5O4S/c28-20-10-11-22(37-16-18-7-3-6-17-5-1-2-8-21(17)18)19(13-20)15-29-31-24(34)14-25-32-33-27(38-25)30-26(35)23-9-4-12-36-23/h1-13,15H,14,16H2,(H,31,34)(H,30,33,35). The van der Waals surface area contributed by atoms with Crippen molar-refractivity contribution in [2.24, 2.45) is 5.10 Å². The molecule has 2 N–H and O–H groups in total. The van der Waals surface area contributed by atoms with Crippen LogP contribution >= 0.6 is 22.9 Å². The van der Waals surface area contributed by atoms with Crippen LogP contribution < -0.4 is 15.5 Å². The average Bonchev–Trinajstić information content (AvgIpc) is 3.61. The number of hydrogen-bond donors (Lipinski definition) is 2. The molecule has 0 unspecified atom stereocenters. The summed E-state index contributed by atoms with van der Waals surface area (Å²) in [4.78, 5) is 24.4. The van der Waals surface area contributed by atoms with Gasteiger partial charge in [-0.1, -0.05) is 65.4 Å². The number of hydrazone groups is 1. The molecule has 0 saturated heterocycles. The lowest BCUT2D eigenvalue weighted by Gasteiger charge is -2.11. The molecule has 11 heteroatoms. The molecule has 38 heavy (non-hydrogen) atoms. The molecular weight excluding hydrogens is 526 g/mol. The lowest BCUT2D eigenvalue weighted by atomic mass is 10.1. The summed E-state index contributed by atoms with van der Waals surface area (Å²) in [6.07, 6.45) is 2.80.